The van der Waals surface area contributed by atoms with Crippen LogP contribution >= 0.6 is 22.9 Å². The van der Waals surface area contributed by atoms with Gasteiger partial charge in [-0.2, -0.15) is 0 Å². The first kappa shape index (κ1) is 17.2. The Morgan fingerprint density at radius 3 is 2.72 bits per heavy atom. The lowest BCUT2D eigenvalue weighted by Gasteiger charge is -2.28. The average molecular weight is 379 g/mol. The minimum Gasteiger partial charge on any atom is -0.379 e. The summed E-state index contributed by atoms with van der Waals surface area (Å²) in [5.41, 5.74) is 1.22. The SMILES string of the molecule is Clc1ccc(Cc2nnc(N3CCC(CN4CCOCC4)C3)s2)cc1. The fourth-order valence-corrected chi connectivity index (χ4v) is 4.56. The molecule has 0 aliphatic carbocycles. The lowest BCUT2D eigenvalue weighted by atomic mass is 10.1. The van der Waals surface area contributed by atoms with Crippen LogP contribution in [0.4, 0.5) is 5.13 Å². The minimum atomic E-state index is 0.724. The smallest absolute Gasteiger partial charge is 0.208 e. The molecule has 2 aliphatic heterocycles. The lowest BCUT2D eigenvalue weighted by molar-refractivity contribution is 0.0320. The summed E-state index contributed by atoms with van der Waals surface area (Å²) in [6, 6.07) is 7.96. The van der Waals surface area contributed by atoms with Crippen LogP contribution in [0.1, 0.15) is 17.0 Å². The number of anilines is 1. The van der Waals surface area contributed by atoms with Crippen LogP contribution in [0.15, 0.2) is 24.3 Å². The van der Waals surface area contributed by atoms with Gasteiger partial charge in [-0.1, -0.05) is 35.1 Å². The van der Waals surface area contributed by atoms with Gasteiger partial charge in [-0.25, -0.2) is 0 Å². The van der Waals surface area contributed by atoms with Gasteiger partial charge in [-0.15, -0.1) is 10.2 Å². The van der Waals surface area contributed by atoms with Crippen LogP contribution in [0, 0.1) is 5.92 Å². The summed E-state index contributed by atoms with van der Waals surface area (Å²) in [5.74, 6) is 0.724. The Hall–Kier alpha value is -1.21. The van der Waals surface area contributed by atoms with Crippen molar-refractivity contribution in [2.45, 2.75) is 12.8 Å². The van der Waals surface area contributed by atoms with Gasteiger partial charge in [0.15, 0.2) is 0 Å². The Morgan fingerprint density at radius 1 is 1.12 bits per heavy atom. The number of hydrogen-bond donors (Lipinski definition) is 0. The maximum absolute atomic E-state index is 5.95. The third kappa shape index (κ3) is 4.50. The first-order valence-corrected chi connectivity index (χ1v) is 10.1. The lowest BCUT2D eigenvalue weighted by Crippen LogP contribution is -2.39. The highest BCUT2D eigenvalue weighted by molar-refractivity contribution is 7.15. The predicted molar refractivity (Wildman–Crippen MR) is 102 cm³/mol. The molecule has 7 heteroatoms. The molecule has 5 nitrogen and oxygen atoms in total. The van der Waals surface area contributed by atoms with Crippen LogP contribution < -0.4 is 4.90 Å². The largest absolute Gasteiger partial charge is 0.379 e. The summed E-state index contributed by atoms with van der Waals surface area (Å²) in [6.45, 7) is 7.25. The highest BCUT2D eigenvalue weighted by atomic mass is 35.5. The van der Waals surface area contributed by atoms with Crippen molar-refractivity contribution in [3.8, 4) is 0 Å². The molecule has 2 saturated heterocycles. The normalized spacial score (nSPS) is 21.8. The van der Waals surface area contributed by atoms with Gasteiger partial charge in [0.25, 0.3) is 0 Å². The summed E-state index contributed by atoms with van der Waals surface area (Å²) in [7, 11) is 0. The van der Waals surface area contributed by atoms with Gasteiger partial charge in [-0.3, -0.25) is 4.90 Å². The van der Waals surface area contributed by atoms with E-state index in [4.69, 9.17) is 16.3 Å². The molecule has 1 unspecified atom stereocenters. The van der Waals surface area contributed by atoms with E-state index in [1.807, 2.05) is 12.1 Å². The van der Waals surface area contributed by atoms with Crippen molar-refractivity contribution in [2.24, 2.45) is 5.92 Å². The molecule has 1 aromatic carbocycles. The van der Waals surface area contributed by atoms with Crippen molar-refractivity contribution >= 4 is 28.1 Å². The Labute approximate surface area is 157 Å². The fourth-order valence-electron chi connectivity index (χ4n) is 3.53. The Morgan fingerprint density at radius 2 is 1.92 bits per heavy atom. The standard InChI is InChI=1S/C18H23ClN4OS/c19-16-3-1-14(2-4-16)11-17-20-21-18(25-17)23-6-5-15(13-23)12-22-7-9-24-10-8-22/h1-4,15H,5-13H2. The molecule has 3 heterocycles. The van der Waals surface area contributed by atoms with E-state index in [-0.39, 0.29) is 0 Å². The van der Waals surface area contributed by atoms with Crippen molar-refractivity contribution in [1.29, 1.82) is 0 Å². The molecule has 134 valence electrons. The highest BCUT2D eigenvalue weighted by Gasteiger charge is 2.27. The molecule has 0 saturated carbocycles. The number of morpholine rings is 1. The van der Waals surface area contributed by atoms with E-state index < -0.39 is 0 Å². The van der Waals surface area contributed by atoms with Gasteiger partial charge in [0, 0.05) is 44.2 Å². The zero-order chi connectivity index (χ0) is 17.1. The quantitative estimate of drug-likeness (QED) is 0.800. The summed E-state index contributed by atoms with van der Waals surface area (Å²) in [6.07, 6.45) is 2.06. The second-order valence-electron chi connectivity index (χ2n) is 6.80. The van der Waals surface area contributed by atoms with E-state index in [1.165, 1.54) is 18.5 Å². The number of hydrogen-bond acceptors (Lipinski definition) is 6. The van der Waals surface area contributed by atoms with Gasteiger partial charge < -0.3 is 9.64 Å². The van der Waals surface area contributed by atoms with Crippen molar-refractivity contribution in [1.82, 2.24) is 15.1 Å². The predicted octanol–water partition coefficient (Wildman–Crippen LogP) is 2.94. The van der Waals surface area contributed by atoms with E-state index in [9.17, 15) is 0 Å². The number of ether oxygens (including phenoxy) is 1. The zero-order valence-corrected chi connectivity index (χ0v) is 15.8. The van der Waals surface area contributed by atoms with Crippen LogP contribution in [0.25, 0.3) is 0 Å². The van der Waals surface area contributed by atoms with Crippen LogP contribution in [-0.2, 0) is 11.2 Å². The first-order chi connectivity index (χ1) is 12.3. The van der Waals surface area contributed by atoms with Crippen molar-refractivity contribution in [2.75, 3.05) is 50.8 Å². The molecule has 0 bridgehead atoms. The van der Waals surface area contributed by atoms with Crippen molar-refractivity contribution in [3.05, 3.63) is 39.9 Å². The number of nitrogens with zero attached hydrogens (tertiary/aromatic N) is 4. The van der Waals surface area contributed by atoms with Crippen molar-refractivity contribution < 1.29 is 4.74 Å². The summed E-state index contributed by atoms with van der Waals surface area (Å²) < 4.78 is 5.44. The Balaban J connectivity index is 1.32. The molecule has 25 heavy (non-hydrogen) atoms. The molecule has 1 atom stereocenters. The van der Waals surface area contributed by atoms with E-state index in [2.05, 4.69) is 32.1 Å². The number of benzene rings is 1. The van der Waals surface area contributed by atoms with Crippen molar-refractivity contribution in [3.63, 3.8) is 0 Å². The molecular weight excluding hydrogens is 356 g/mol. The zero-order valence-electron chi connectivity index (χ0n) is 14.2. The van der Waals surface area contributed by atoms with E-state index in [0.717, 1.165) is 66.9 Å². The molecule has 2 aromatic rings. The van der Waals surface area contributed by atoms with Crippen LogP contribution in [0.5, 0.6) is 0 Å². The van der Waals surface area contributed by atoms with Gasteiger partial charge in [0.2, 0.25) is 5.13 Å². The molecule has 2 aliphatic rings. The number of aromatic nitrogens is 2. The van der Waals surface area contributed by atoms with E-state index in [1.54, 1.807) is 11.3 Å². The highest BCUT2D eigenvalue weighted by Crippen LogP contribution is 2.28. The Bertz CT molecular complexity index is 687. The monoisotopic (exact) mass is 378 g/mol. The van der Waals surface area contributed by atoms with Crippen LogP contribution in [0.3, 0.4) is 0 Å². The summed E-state index contributed by atoms with van der Waals surface area (Å²) in [5, 5.41) is 11.7. The van der Waals surface area contributed by atoms with E-state index in [0.29, 0.717) is 0 Å². The molecular formula is C18H23ClN4OS. The number of halogens is 1. The van der Waals surface area contributed by atoms with E-state index >= 15 is 0 Å². The topological polar surface area (TPSA) is 41.5 Å². The molecule has 0 radical (unpaired) electrons. The summed E-state index contributed by atoms with van der Waals surface area (Å²) in [4.78, 5) is 4.93. The molecule has 4 rings (SSSR count). The van der Waals surface area contributed by atoms with Gasteiger partial charge in [-0.05, 0) is 30.0 Å². The molecule has 2 fully saturated rings. The second kappa shape index (κ2) is 7.99. The molecule has 0 N–H and O–H groups in total. The fraction of sp³-hybridized carbons (Fsp3) is 0.556. The maximum atomic E-state index is 5.95. The molecule has 0 amide bonds. The maximum Gasteiger partial charge on any atom is 0.208 e. The van der Waals surface area contributed by atoms with Crippen LogP contribution in [-0.4, -0.2) is 61.0 Å². The Kier molecular flexibility index (Phi) is 5.51. The van der Waals surface area contributed by atoms with Gasteiger partial charge in [0.1, 0.15) is 5.01 Å². The average Bonchev–Trinajstić information content (AvgIpc) is 3.27. The molecule has 0 spiro atoms. The van der Waals surface area contributed by atoms with Crippen LogP contribution in [0.2, 0.25) is 5.02 Å². The third-order valence-corrected chi connectivity index (χ3v) is 6.14. The first-order valence-electron chi connectivity index (χ1n) is 8.88. The summed E-state index contributed by atoms with van der Waals surface area (Å²) >= 11 is 7.66. The second-order valence-corrected chi connectivity index (χ2v) is 8.27. The van der Waals surface area contributed by atoms with Gasteiger partial charge in [0.05, 0.1) is 13.2 Å². The number of rotatable bonds is 5. The third-order valence-electron chi connectivity index (χ3n) is 4.90. The molecule has 1 aromatic heterocycles. The van der Waals surface area contributed by atoms with Gasteiger partial charge >= 0.3 is 0 Å². The minimum absolute atomic E-state index is 0.724.